The maximum atomic E-state index is 15.5. The van der Waals surface area contributed by atoms with Crippen molar-refractivity contribution >= 4 is 17.9 Å². The Morgan fingerprint density at radius 2 is 1.47 bits per heavy atom. The molecule has 30 heavy (non-hydrogen) atoms. The summed E-state index contributed by atoms with van der Waals surface area (Å²) in [5, 5.41) is 0. The second kappa shape index (κ2) is 9.04. The molecule has 1 saturated heterocycles. The van der Waals surface area contributed by atoms with Crippen LogP contribution in [0.15, 0.2) is 60.7 Å². The van der Waals surface area contributed by atoms with Gasteiger partial charge in [-0.05, 0) is 31.2 Å². The molecule has 158 valence electrons. The lowest BCUT2D eigenvalue weighted by atomic mass is 9.99. The van der Waals surface area contributed by atoms with E-state index in [4.69, 9.17) is 18.9 Å². The molecule has 0 aliphatic carbocycles. The summed E-state index contributed by atoms with van der Waals surface area (Å²) < 4.78 is 36.4. The molecule has 1 aliphatic heterocycles. The minimum Gasteiger partial charge on any atom is -0.459 e. The third kappa shape index (κ3) is 4.83. The van der Waals surface area contributed by atoms with Gasteiger partial charge in [-0.25, -0.2) is 14.0 Å². The van der Waals surface area contributed by atoms with E-state index in [1.807, 2.05) is 0 Å². The summed E-state index contributed by atoms with van der Waals surface area (Å²) in [6.07, 6.45) is -4.27. The molecule has 0 saturated carbocycles. The molecule has 2 aromatic carbocycles. The highest BCUT2D eigenvalue weighted by molar-refractivity contribution is 5.90. The molecule has 0 N–H and O–H groups in total. The Kier molecular flexibility index (Phi) is 6.47. The molecule has 1 heterocycles. The molecule has 2 aromatic rings. The largest absolute Gasteiger partial charge is 0.459 e. The highest BCUT2D eigenvalue weighted by atomic mass is 19.1. The van der Waals surface area contributed by atoms with E-state index in [1.54, 1.807) is 48.5 Å². The van der Waals surface area contributed by atoms with E-state index < -0.39 is 48.7 Å². The Balaban J connectivity index is 1.76. The molecule has 2 unspecified atom stereocenters. The Morgan fingerprint density at radius 3 is 2.00 bits per heavy atom. The summed E-state index contributed by atoms with van der Waals surface area (Å²) in [6.45, 7) is 1.80. The van der Waals surface area contributed by atoms with Crippen LogP contribution in [0.5, 0.6) is 0 Å². The smallest absolute Gasteiger partial charge is 0.338 e. The maximum absolute atomic E-state index is 15.5. The molecule has 4 atom stereocenters. The number of carbonyl (C=O) groups is 3. The molecule has 0 spiro atoms. The van der Waals surface area contributed by atoms with Gasteiger partial charge in [-0.3, -0.25) is 4.79 Å². The van der Waals surface area contributed by atoms with Crippen LogP contribution in [0.1, 0.15) is 34.6 Å². The van der Waals surface area contributed by atoms with Crippen LogP contribution in [0, 0.1) is 0 Å². The predicted octanol–water partition coefficient (Wildman–Crippen LogP) is 3.09. The van der Waals surface area contributed by atoms with Gasteiger partial charge in [0, 0.05) is 6.92 Å². The monoisotopic (exact) mass is 416 g/mol. The second-order valence-corrected chi connectivity index (χ2v) is 6.92. The van der Waals surface area contributed by atoms with Gasteiger partial charge in [0.1, 0.15) is 12.7 Å². The van der Waals surface area contributed by atoms with Crippen molar-refractivity contribution in [3.8, 4) is 0 Å². The number of carbonyl (C=O) groups excluding carboxylic acids is 3. The van der Waals surface area contributed by atoms with Crippen molar-refractivity contribution in [1.29, 1.82) is 0 Å². The van der Waals surface area contributed by atoms with Crippen molar-refractivity contribution in [2.24, 2.45) is 0 Å². The van der Waals surface area contributed by atoms with E-state index >= 15 is 4.39 Å². The van der Waals surface area contributed by atoms with E-state index in [9.17, 15) is 14.4 Å². The first-order valence-corrected chi connectivity index (χ1v) is 9.29. The van der Waals surface area contributed by atoms with Crippen molar-refractivity contribution in [1.82, 2.24) is 0 Å². The molecular formula is C22H21FO7. The van der Waals surface area contributed by atoms with Crippen molar-refractivity contribution in [2.45, 2.75) is 38.0 Å². The first kappa shape index (κ1) is 21.4. The third-order valence-electron chi connectivity index (χ3n) is 4.56. The fourth-order valence-electron chi connectivity index (χ4n) is 3.05. The standard InChI is InChI=1S/C22H21FO7/c1-14(24)28-21-22(2,23)18(30-20(26)16-11-7-4-8-12-16)17(29-21)13-27-19(25)15-9-5-3-6-10-15/h3-12,17-18,21H,13H2,1-2H3/t17-,18?,21-,22?/m1/s1. The van der Waals surface area contributed by atoms with Gasteiger partial charge in [-0.1, -0.05) is 36.4 Å². The Morgan fingerprint density at radius 1 is 0.933 bits per heavy atom. The number of benzene rings is 2. The summed E-state index contributed by atoms with van der Waals surface area (Å²) in [5.41, 5.74) is -1.85. The number of halogens is 1. The molecule has 1 fully saturated rings. The van der Waals surface area contributed by atoms with Crippen LogP contribution in [-0.4, -0.2) is 48.7 Å². The van der Waals surface area contributed by atoms with E-state index in [1.165, 1.54) is 12.1 Å². The van der Waals surface area contributed by atoms with E-state index in [0.29, 0.717) is 5.56 Å². The van der Waals surface area contributed by atoms with Gasteiger partial charge in [-0.15, -0.1) is 0 Å². The van der Waals surface area contributed by atoms with Crippen molar-refractivity contribution < 1.29 is 37.7 Å². The van der Waals surface area contributed by atoms with Gasteiger partial charge in [-0.2, -0.15) is 0 Å². The van der Waals surface area contributed by atoms with Gasteiger partial charge >= 0.3 is 17.9 Å². The first-order chi connectivity index (χ1) is 14.3. The van der Waals surface area contributed by atoms with Crippen molar-refractivity contribution in [2.75, 3.05) is 6.61 Å². The zero-order chi connectivity index (χ0) is 21.7. The van der Waals surface area contributed by atoms with Crippen LogP contribution in [0.2, 0.25) is 0 Å². The van der Waals surface area contributed by atoms with Crippen LogP contribution in [0.3, 0.4) is 0 Å². The predicted molar refractivity (Wildman–Crippen MR) is 102 cm³/mol. The number of hydrogen-bond donors (Lipinski definition) is 0. The maximum Gasteiger partial charge on any atom is 0.338 e. The molecule has 0 radical (unpaired) electrons. The Labute approximate surface area is 172 Å². The Bertz CT molecular complexity index is 898. The summed E-state index contributed by atoms with van der Waals surface area (Å²) >= 11 is 0. The number of alkyl halides is 1. The van der Waals surface area contributed by atoms with Crippen LogP contribution in [0.4, 0.5) is 4.39 Å². The molecule has 0 amide bonds. The van der Waals surface area contributed by atoms with Gasteiger partial charge in [0.25, 0.3) is 0 Å². The SMILES string of the molecule is CC(=O)O[C@@H]1O[C@H](COC(=O)c2ccccc2)C(OC(=O)c2ccccc2)C1(C)F. The lowest BCUT2D eigenvalue weighted by Crippen LogP contribution is -2.46. The van der Waals surface area contributed by atoms with Crippen LogP contribution in [0.25, 0.3) is 0 Å². The second-order valence-electron chi connectivity index (χ2n) is 6.92. The third-order valence-corrected chi connectivity index (χ3v) is 4.56. The summed E-state index contributed by atoms with van der Waals surface area (Å²) in [4.78, 5) is 36.0. The highest BCUT2D eigenvalue weighted by Gasteiger charge is 2.59. The van der Waals surface area contributed by atoms with Crippen LogP contribution < -0.4 is 0 Å². The van der Waals surface area contributed by atoms with Crippen LogP contribution >= 0.6 is 0 Å². The van der Waals surface area contributed by atoms with Gasteiger partial charge in [0.15, 0.2) is 6.10 Å². The minimum absolute atomic E-state index is 0.212. The number of hydrogen-bond acceptors (Lipinski definition) is 7. The number of esters is 3. The molecule has 3 rings (SSSR count). The molecule has 0 bridgehead atoms. The van der Waals surface area contributed by atoms with E-state index in [0.717, 1.165) is 13.8 Å². The van der Waals surface area contributed by atoms with E-state index in [-0.39, 0.29) is 5.56 Å². The van der Waals surface area contributed by atoms with Crippen molar-refractivity contribution in [3.05, 3.63) is 71.8 Å². The van der Waals surface area contributed by atoms with E-state index in [2.05, 4.69) is 0 Å². The quantitative estimate of drug-likeness (QED) is 0.528. The fourth-order valence-corrected chi connectivity index (χ4v) is 3.05. The molecule has 1 aliphatic rings. The van der Waals surface area contributed by atoms with Gasteiger partial charge in [0.05, 0.1) is 11.1 Å². The first-order valence-electron chi connectivity index (χ1n) is 9.29. The molecule has 7 nitrogen and oxygen atoms in total. The average molecular weight is 416 g/mol. The highest BCUT2D eigenvalue weighted by Crippen LogP contribution is 2.38. The summed E-state index contributed by atoms with van der Waals surface area (Å²) in [5.74, 6) is -2.20. The topological polar surface area (TPSA) is 88.1 Å². The zero-order valence-electron chi connectivity index (χ0n) is 16.4. The zero-order valence-corrected chi connectivity index (χ0v) is 16.4. The number of rotatable bonds is 6. The average Bonchev–Trinajstić information content (AvgIpc) is 2.96. The normalized spacial score (nSPS) is 25.4. The molecule has 0 aromatic heterocycles. The Hall–Kier alpha value is -3.26. The lowest BCUT2D eigenvalue weighted by Gasteiger charge is -2.26. The van der Waals surface area contributed by atoms with Crippen molar-refractivity contribution in [3.63, 3.8) is 0 Å². The minimum atomic E-state index is -2.36. The summed E-state index contributed by atoms with van der Waals surface area (Å²) in [7, 11) is 0. The molecular weight excluding hydrogens is 395 g/mol. The van der Waals surface area contributed by atoms with Gasteiger partial charge in [0.2, 0.25) is 12.0 Å². The van der Waals surface area contributed by atoms with Gasteiger partial charge < -0.3 is 18.9 Å². The molecule has 8 heteroatoms. The lowest BCUT2D eigenvalue weighted by molar-refractivity contribution is -0.193. The fraction of sp³-hybridized carbons (Fsp3) is 0.318. The number of ether oxygens (including phenoxy) is 4. The summed E-state index contributed by atoms with van der Waals surface area (Å²) in [6, 6.07) is 16.2. The van der Waals surface area contributed by atoms with Crippen LogP contribution in [-0.2, 0) is 23.7 Å².